The van der Waals surface area contributed by atoms with Crippen molar-refractivity contribution >= 4 is 23.2 Å². The van der Waals surface area contributed by atoms with E-state index in [0.29, 0.717) is 17.0 Å². The molecule has 1 aromatic heterocycles. The number of rotatable bonds is 6. The first kappa shape index (κ1) is 18.5. The van der Waals surface area contributed by atoms with E-state index in [0.717, 1.165) is 23.4 Å². The third-order valence-electron chi connectivity index (χ3n) is 4.20. The highest BCUT2D eigenvalue weighted by atomic mass is 35.5. The second-order valence-electron chi connectivity index (χ2n) is 6.82. The fraction of sp³-hybridized carbons (Fsp3) is 0.474. The maximum Gasteiger partial charge on any atom is 0.228 e. The normalized spacial score (nSPS) is 12.5. The molecule has 0 spiro atoms. The van der Waals surface area contributed by atoms with Crippen molar-refractivity contribution in [2.24, 2.45) is 13.0 Å². The van der Waals surface area contributed by atoms with Crippen molar-refractivity contribution < 1.29 is 4.79 Å². The van der Waals surface area contributed by atoms with Gasteiger partial charge in [0.1, 0.15) is 5.15 Å². The number of nitrogens with zero attached hydrogens (tertiary/aromatic N) is 2. The summed E-state index contributed by atoms with van der Waals surface area (Å²) in [5.41, 5.74) is 3.63. The number of anilines is 1. The van der Waals surface area contributed by atoms with Gasteiger partial charge in [-0.25, -0.2) is 0 Å². The van der Waals surface area contributed by atoms with Gasteiger partial charge in [-0.3, -0.25) is 9.48 Å². The second kappa shape index (κ2) is 7.84. The number of nitrogens with one attached hydrogen (secondary N) is 1. The lowest BCUT2D eigenvalue weighted by Gasteiger charge is -2.18. The number of aryl methyl sites for hydroxylation is 2. The van der Waals surface area contributed by atoms with E-state index in [1.807, 2.05) is 25.1 Å². The molecule has 0 aliphatic rings. The molecule has 24 heavy (non-hydrogen) atoms. The van der Waals surface area contributed by atoms with Crippen molar-refractivity contribution in [1.82, 2.24) is 9.78 Å². The summed E-state index contributed by atoms with van der Waals surface area (Å²) < 4.78 is 1.60. The molecule has 0 aliphatic heterocycles. The molecule has 5 heteroatoms. The number of benzene rings is 1. The SMILES string of the molecule is Cc1nn(C)c(Cl)c1CC(=O)Nc1ccccc1C(C)CC(C)C. The Morgan fingerprint density at radius 2 is 1.96 bits per heavy atom. The van der Waals surface area contributed by atoms with Gasteiger partial charge >= 0.3 is 0 Å². The minimum atomic E-state index is -0.0720. The standard InChI is InChI=1S/C19H26ClN3O/c1-12(2)10-13(3)15-8-6-7-9-17(15)21-18(24)11-16-14(4)22-23(5)19(16)20/h6-9,12-13H,10-11H2,1-5H3,(H,21,24). The van der Waals surface area contributed by atoms with Crippen molar-refractivity contribution in [2.75, 3.05) is 5.32 Å². The van der Waals surface area contributed by atoms with Crippen LogP contribution in [0.25, 0.3) is 0 Å². The zero-order valence-corrected chi connectivity index (χ0v) is 15.8. The van der Waals surface area contributed by atoms with Gasteiger partial charge in [-0.15, -0.1) is 0 Å². The molecule has 1 unspecified atom stereocenters. The lowest BCUT2D eigenvalue weighted by Crippen LogP contribution is -2.17. The van der Waals surface area contributed by atoms with E-state index in [9.17, 15) is 4.79 Å². The average Bonchev–Trinajstić information content (AvgIpc) is 2.73. The van der Waals surface area contributed by atoms with Crippen molar-refractivity contribution in [2.45, 2.75) is 46.5 Å². The molecule has 1 atom stereocenters. The van der Waals surface area contributed by atoms with Gasteiger partial charge in [-0.05, 0) is 36.8 Å². The Morgan fingerprint density at radius 3 is 2.54 bits per heavy atom. The molecule has 2 rings (SSSR count). The monoisotopic (exact) mass is 347 g/mol. The molecule has 1 amide bonds. The summed E-state index contributed by atoms with van der Waals surface area (Å²) in [4.78, 5) is 12.5. The zero-order chi connectivity index (χ0) is 17.9. The first-order valence-electron chi connectivity index (χ1n) is 8.36. The molecule has 0 aliphatic carbocycles. The van der Waals surface area contributed by atoms with Crippen molar-refractivity contribution in [3.05, 3.63) is 46.2 Å². The maximum absolute atomic E-state index is 12.5. The van der Waals surface area contributed by atoms with Gasteiger partial charge < -0.3 is 5.32 Å². The third-order valence-corrected chi connectivity index (χ3v) is 4.67. The number of carbonyl (C=O) groups excluding carboxylic acids is 1. The van der Waals surface area contributed by atoms with Crippen LogP contribution >= 0.6 is 11.6 Å². The van der Waals surface area contributed by atoms with Gasteiger partial charge in [0.25, 0.3) is 0 Å². The Kier molecular flexibility index (Phi) is 6.05. The van der Waals surface area contributed by atoms with Crippen LogP contribution in [0.4, 0.5) is 5.69 Å². The van der Waals surface area contributed by atoms with Crippen molar-refractivity contribution in [3.63, 3.8) is 0 Å². The highest BCUT2D eigenvalue weighted by Crippen LogP contribution is 2.29. The van der Waals surface area contributed by atoms with Crippen LogP contribution in [0.15, 0.2) is 24.3 Å². The van der Waals surface area contributed by atoms with Crippen LogP contribution < -0.4 is 5.32 Å². The van der Waals surface area contributed by atoms with Crippen molar-refractivity contribution in [1.29, 1.82) is 0 Å². The van der Waals surface area contributed by atoms with Crippen LogP contribution in [0.1, 0.15) is 49.9 Å². The molecule has 4 nitrogen and oxygen atoms in total. The molecule has 1 N–H and O–H groups in total. The van der Waals surface area contributed by atoms with Crippen LogP contribution in [0, 0.1) is 12.8 Å². The molecule has 0 bridgehead atoms. The van der Waals surface area contributed by atoms with E-state index < -0.39 is 0 Å². The Hall–Kier alpha value is -1.81. The maximum atomic E-state index is 12.5. The first-order chi connectivity index (χ1) is 11.3. The molecule has 1 heterocycles. The van der Waals surface area contributed by atoms with Crippen LogP contribution in [0.2, 0.25) is 5.15 Å². The summed E-state index contributed by atoms with van der Waals surface area (Å²) in [5.74, 6) is 0.933. The fourth-order valence-corrected chi connectivity index (χ4v) is 3.35. The van der Waals surface area contributed by atoms with Crippen LogP contribution in [-0.2, 0) is 18.3 Å². The molecule has 130 valence electrons. The largest absolute Gasteiger partial charge is 0.326 e. The Bertz CT molecular complexity index is 721. The zero-order valence-electron chi connectivity index (χ0n) is 15.1. The average molecular weight is 348 g/mol. The minimum absolute atomic E-state index is 0.0720. The molecule has 0 radical (unpaired) electrons. The van der Waals surface area contributed by atoms with E-state index >= 15 is 0 Å². The van der Waals surface area contributed by atoms with E-state index in [1.54, 1.807) is 11.7 Å². The molecular formula is C19H26ClN3O. The highest BCUT2D eigenvalue weighted by Gasteiger charge is 2.17. The number of hydrogen-bond donors (Lipinski definition) is 1. The number of carbonyl (C=O) groups is 1. The van der Waals surface area contributed by atoms with Crippen LogP contribution in [0.5, 0.6) is 0 Å². The fourth-order valence-electron chi connectivity index (χ4n) is 3.10. The molecule has 0 saturated heterocycles. The summed E-state index contributed by atoms with van der Waals surface area (Å²) >= 11 is 6.22. The van der Waals surface area contributed by atoms with Gasteiger partial charge in [0, 0.05) is 18.3 Å². The van der Waals surface area contributed by atoms with Gasteiger partial charge in [0.05, 0.1) is 12.1 Å². The van der Waals surface area contributed by atoms with Crippen molar-refractivity contribution in [3.8, 4) is 0 Å². The molecule has 1 aromatic carbocycles. The Balaban J connectivity index is 2.15. The third kappa shape index (κ3) is 4.38. The second-order valence-corrected chi connectivity index (χ2v) is 7.18. The Morgan fingerprint density at radius 1 is 1.29 bits per heavy atom. The number of hydrogen-bond acceptors (Lipinski definition) is 2. The predicted molar refractivity (Wildman–Crippen MR) is 99.6 cm³/mol. The number of para-hydroxylation sites is 1. The molecular weight excluding hydrogens is 322 g/mol. The first-order valence-corrected chi connectivity index (χ1v) is 8.74. The summed E-state index contributed by atoms with van der Waals surface area (Å²) in [6.07, 6.45) is 1.31. The number of amides is 1. The highest BCUT2D eigenvalue weighted by molar-refractivity contribution is 6.30. The molecule has 0 saturated carbocycles. The van der Waals surface area contributed by atoms with E-state index in [1.165, 1.54) is 5.56 Å². The predicted octanol–water partition coefficient (Wildman–Crippen LogP) is 4.71. The van der Waals surface area contributed by atoms with E-state index in [-0.39, 0.29) is 12.3 Å². The van der Waals surface area contributed by atoms with E-state index in [4.69, 9.17) is 11.6 Å². The number of halogens is 1. The van der Waals surface area contributed by atoms with Gasteiger partial charge in [0.15, 0.2) is 0 Å². The quantitative estimate of drug-likeness (QED) is 0.822. The van der Waals surface area contributed by atoms with Gasteiger partial charge in [-0.2, -0.15) is 5.10 Å². The molecule has 2 aromatic rings. The molecule has 0 fully saturated rings. The van der Waals surface area contributed by atoms with Gasteiger partial charge in [-0.1, -0.05) is 50.6 Å². The summed E-state index contributed by atoms with van der Waals surface area (Å²) in [6, 6.07) is 8.01. The number of aromatic nitrogens is 2. The van der Waals surface area contributed by atoms with E-state index in [2.05, 4.69) is 37.3 Å². The van der Waals surface area contributed by atoms with Crippen LogP contribution in [0.3, 0.4) is 0 Å². The summed E-state index contributed by atoms with van der Waals surface area (Å²) in [7, 11) is 1.78. The lowest BCUT2D eigenvalue weighted by molar-refractivity contribution is -0.115. The van der Waals surface area contributed by atoms with Gasteiger partial charge in [0.2, 0.25) is 5.91 Å². The summed E-state index contributed by atoms with van der Waals surface area (Å²) in [5, 5.41) is 7.81. The topological polar surface area (TPSA) is 46.9 Å². The Labute approximate surface area is 149 Å². The van der Waals surface area contributed by atoms with Crippen LogP contribution in [-0.4, -0.2) is 15.7 Å². The summed E-state index contributed by atoms with van der Waals surface area (Å²) in [6.45, 7) is 8.50. The lowest BCUT2D eigenvalue weighted by atomic mass is 9.91. The smallest absolute Gasteiger partial charge is 0.228 e. The minimum Gasteiger partial charge on any atom is -0.326 e.